The molecule has 33 heavy (non-hydrogen) atoms. The quantitative estimate of drug-likeness (QED) is 0.225. The van der Waals surface area contributed by atoms with E-state index in [1.165, 1.54) is 11.6 Å². The first kappa shape index (κ1) is 22.0. The van der Waals surface area contributed by atoms with Crippen molar-refractivity contribution < 1.29 is 9.18 Å². The van der Waals surface area contributed by atoms with Crippen LogP contribution in [0, 0.1) is 17.1 Å². The van der Waals surface area contributed by atoms with Crippen molar-refractivity contribution in [2.24, 2.45) is 0 Å². The summed E-state index contributed by atoms with van der Waals surface area (Å²) in [5.74, 6) is -0.656. The number of nitrogens with zero attached hydrogens (tertiary/aromatic N) is 2. The number of carbonyl (C=O) groups is 1. The van der Waals surface area contributed by atoms with Crippen LogP contribution in [0.2, 0.25) is 0 Å². The summed E-state index contributed by atoms with van der Waals surface area (Å²) in [5, 5.41) is 13.3. The minimum atomic E-state index is -0.392. The van der Waals surface area contributed by atoms with E-state index in [1.54, 1.807) is 24.3 Å². The maximum Gasteiger partial charge on any atom is 0.261 e. The van der Waals surface area contributed by atoms with Gasteiger partial charge in [-0.3, -0.25) is 4.79 Å². The molecular weight excluding hydrogens is 413 g/mol. The molecule has 1 heterocycles. The van der Waals surface area contributed by atoms with Gasteiger partial charge in [0.25, 0.3) is 5.91 Å². The van der Waals surface area contributed by atoms with Gasteiger partial charge in [-0.2, -0.15) is 5.26 Å². The van der Waals surface area contributed by atoms with Crippen molar-refractivity contribution in [3.05, 3.63) is 113 Å². The highest BCUT2D eigenvalue weighted by Crippen LogP contribution is 2.25. The van der Waals surface area contributed by atoms with Crippen LogP contribution >= 0.6 is 0 Å². The molecule has 4 aromatic rings. The topological polar surface area (TPSA) is 57.8 Å². The molecule has 0 aliphatic rings. The van der Waals surface area contributed by atoms with E-state index in [-0.39, 0.29) is 11.4 Å². The zero-order valence-corrected chi connectivity index (χ0v) is 18.2. The number of para-hydroxylation sites is 1. The van der Waals surface area contributed by atoms with E-state index in [2.05, 4.69) is 17.4 Å². The van der Waals surface area contributed by atoms with Crippen LogP contribution in [0.15, 0.2) is 90.6 Å². The van der Waals surface area contributed by atoms with Crippen molar-refractivity contribution >= 4 is 22.9 Å². The molecule has 1 aromatic heterocycles. The summed E-state index contributed by atoms with van der Waals surface area (Å²) < 4.78 is 16.1. The average molecular weight is 438 g/mol. The van der Waals surface area contributed by atoms with Crippen LogP contribution in [0.3, 0.4) is 0 Å². The summed E-state index contributed by atoms with van der Waals surface area (Å²) in [5.41, 5.74) is 3.49. The number of benzene rings is 3. The number of nitriles is 1. The summed E-state index contributed by atoms with van der Waals surface area (Å²) >= 11 is 0. The molecule has 4 nitrogen and oxygen atoms in total. The molecule has 0 saturated carbocycles. The molecule has 3 aromatic carbocycles. The van der Waals surface area contributed by atoms with Crippen molar-refractivity contribution in [1.82, 2.24) is 9.88 Å². The van der Waals surface area contributed by atoms with Crippen LogP contribution in [-0.2, 0) is 17.8 Å². The highest BCUT2D eigenvalue weighted by molar-refractivity contribution is 6.04. The lowest BCUT2D eigenvalue weighted by molar-refractivity contribution is -0.117. The zero-order chi connectivity index (χ0) is 23.0. The lowest BCUT2D eigenvalue weighted by atomic mass is 10.1. The van der Waals surface area contributed by atoms with Gasteiger partial charge < -0.3 is 9.88 Å². The van der Waals surface area contributed by atoms with Crippen LogP contribution in [0.4, 0.5) is 4.39 Å². The Morgan fingerprint density at radius 1 is 1.00 bits per heavy atom. The predicted molar refractivity (Wildman–Crippen MR) is 129 cm³/mol. The van der Waals surface area contributed by atoms with Crippen molar-refractivity contribution in [3.8, 4) is 6.07 Å². The van der Waals surface area contributed by atoms with Gasteiger partial charge in [0.1, 0.15) is 17.5 Å². The molecule has 1 N–H and O–H groups in total. The molecule has 4 rings (SSSR count). The number of rotatable bonds is 8. The molecule has 0 spiro atoms. The molecule has 5 heteroatoms. The SMILES string of the molecule is N#C/C(=C/c1cn(Cc2ccccc2F)c2ccccc12)C(=O)NCCCc1ccccc1. The molecule has 0 unspecified atom stereocenters. The van der Waals surface area contributed by atoms with Crippen LogP contribution in [0.25, 0.3) is 17.0 Å². The number of hydrogen-bond acceptors (Lipinski definition) is 2. The summed E-state index contributed by atoms with van der Waals surface area (Å²) in [7, 11) is 0. The minimum Gasteiger partial charge on any atom is -0.351 e. The Kier molecular flexibility index (Phi) is 6.96. The monoisotopic (exact) mass is 437 g/mol. The molecule has 0 aliphatic carbocycles. The second kappa shape index (κ2) is 10.4. The fourth-order valence-corrected chi connectivity index (χ4v) is 3.87. The predicted octanol–water partition coefficient (Wildman–Crippen LogP) is 5.48. The summed E-state index contributed by atoms with van der Waals surface area (Å²) in [6.07, 6.45) is 5.11. The zero-order valence-electron chi connectivity index (χ0n) is 18.2. The number of halogens is 1. The number of amides is 1. The smallest absolute Gasteiger partial charge is 0.261 e. The molecule has 164 valence electrons. The Labute approximate surface area is 192 Å². The summed E-state index contributed by atoms with van der Waals surface area (Å²) in [4.78, 5) is 12.6. The lowest BCUT2D eigenvalue weighted by Gasteiger charge is -2.06. The highest BCUT2D eigenvalue weighted by atomic mass is 19.1. The minimum absolute atomic E-state index is 0.0449. The Morgan fingerprint density at radius 3 is 2.52 bits per heavy atom. The first-order valence-corrected chi connectivity index (χ1v) is 10.9. The third-order valence-electron chi connectivity index (χ3n) is 5.55. The van der Waals surface area contributed by atoms with Gasteiger partial charge in [0.05, 0.1) is 6.54 Å². The van der Waals surface area contributed by atoms with Crippen LogP contribution in [0.5, 0.6) is 0 Å². The number of aryl methyl sites for hydroxylation is 1. The second-order valence-electron chi connectivity index (χ2n) is 7.84. The van der Waals surface area contributed by atoms with E-state index in [0.717, 1.165) is 29.3 Å². The van der Waals surface area contributed by atoms with Gasteiger partial charge in [-0.05, 0) is 36.6 Å². The van der Waals surface area contributed by atoms with Crippen LogP contribution < -0.4 is 5.32 Å². The maximum absolute atomic E-state index is 14.2. The van der Waals surface area contributed by atoms with Gasteiger partial charge in [-0.15, -0.1) is 0 Å². The first-order chi connectivity index (χ1) is 16.2. The third kappa shape index (κ3) is 5.36. The third-order valence-corrected chi connectivity index (χ3v) is 5.55. The standard InChI is InChI=1S/C28H24FN3O/c29-26-14-6-4-12-22(26)19-32-20-24(25-13-5-7-15-27(25)32)17-23(18-30)28(33)31-16-8-11-21-9-2-1-3-10-21/h1-7,9-10,12-15,17,20H,8,11,16,19H2,(H,31,33)/b23-17-. The molecule has 0 aliphatic heterocycles. The van der Waals surface area contributed by atoms with E-state index < -0.39 is 5.91 Å². The maximum atomic E-state index is 14.2. The highest BCUT2D eigenvalue weighted by Gasteiger charge is 2.13. The van der Waals surface area contributed by atoms with Gasteiger partial charge in [-0.25, -0.2) is 4.39 Å². The van der Waals surface area contributed by atoms with E-state index in [4.69, 9.17) is 0 Å². The van der Waals surface area contributed by atoms with E-state index >= 15 is 0 Å². The Balaban J connectivity index is 1.51. The van der Waals surface area contributed by atoms with Gasteiger partial charge in [0.2, 0.25) is 0 Å². The number of carbonyl (C=O) groups excluding carboxylic acids is 1. The van der Waals surface area contributed by atoms with Crippen LogP contribution in [0.1, 0.15) is 23.1 Å². The molecule has 0 bridgehead atoms. The Bertz CT molecular complexity index is 1330. The summed E-state index contributed by atoms with van der Waals surface area (Å²) in [6.45, 7) is 0.844. The average Bonchev–Trinajstić information content (AvgIpc) is 3.19. The number of nitrogens with one attached hydrogen (secondary N) is 1. The van der Waals surface area contributed by atoms with Crippen molar-refractivity contribution in [2.45, 2.75) is 19.4 Å². The van der Waals surface area contributed by atoms with Gasteiger partial charge in [0, 0.05) is 34.8 Å². The van der Waals surface area contributed by atoms with Crippen molar-refractivity contribution in [3.63, 3.8) is 0 Å². The second-order valence-corrected chi connectivity index (χ2v) is 7.84. The normalized spacial score (nSPS) is 11.3. The fraction of sp³-hybridized carbons (Fsp3) is 0.143. The first-order valence-electron chi connectivity index (χ1n) is 10.9. The van der Waals surface area contributed by atoms with E-state index in [9.17, 15) is 14.4 Å². The van der Waals surface area contributed by atoms with E-state index in [1.807, 2.05) is 59.3 Å². The summed E-state index contributed by atoms with van der Waals surface area (Å²) in [6, 6.07) is 26.5. The Hall–Kier alpha value is -4.17. The Morgan fingerprint density at radius 2 is 1.73 bits per heavy atom. The van der Waals surface area contributed by atoms with Crippen LogP contribution in [-0.4, -0.2) is 17.0 Å². The molecule has 0 radical (unpaired) electrons. The number of hydrogen-bond donors (Lipinski definition) is 1. The lowest BCUT2D eigenvalue weighted by Crippen LogP contribution is -2.25. The molecule has 0 atom stereocenters. The van der Waals surface area contributed by atoms with Crippen molar-refractivity contribution in [1.29, 1.82) is 5.26 Å². The molecule has 0 saturated heterocycles. The van der Waals surface area contributed by atoms with E-state index in [0.29, 0.717) is 18.7 Å². The number of aromatic nitrogens is 1. The molecule has 0 fully saturated rings. The van der Waals surface area contributed by atoms with Gasteiger partial charge in [-0.1, -0.05) is 66.7 Å². The molecule has 1 amide bonds. The fourth-order valence-electron chi connectivity index (χ4n) is 3.87. The largest absolute Gasteiger partial charge is 0.351 e. The van der Waals surface area contributed by atoms with Gasteiger partial charge in [0.15, 0.2) is 0 Å². The number of fused-ring (bicyclic) bond motifs is 1. The van der Waals surface area contributed by atoms with Crippen molar-refractivity contribution in [2.75, 3.05) is 6.54 Å². The molecular formula is C28H24FN3O. The van der Waals surface area contributed by atoms with Gasteiger partial charge >= 0.3 is 0 Å².